The van der Waals surface area contributed by atoms with Crippen molar-refractivity contribution in [3.8, 4) is 0 Å². The lowest BCUT2D eigenvalue weighted by atomic mass is 9.99. The Balaban J connectivity index is 6.56. The molecule has 0 radical (unpaired) electrons. The van der Waals surface area contributed by atoms with Gasteiger partial charge >= 0.3 is 5.97 Å². The van der Waals surface area contributed by atoms with Gasteiger partial charge in [0.2, 0.25) is 41.4 Å². The van der Waals surface area contributed by atoms with Gasteiger partial charge in [-0.3, -0.25) is 53.5 Å². The fourth-order valence-corrected chi connectivity index (χ4v) is 7.03. The van der Waals surface area contributed by atoms with E-state index in [-0.39, 0.29) is 133 Å². The quantitative estimate of drug-likeness (QED) is 0.0155. The highest BCUT2D eigenvalue weighted by Crippen LogP contribution is 2.13. The molecule has 0 bridgehead atoms. The SMILES string of the molecule is CC(C)C[C@H](NC(=O)[C@H](CC(C)C)NC(=O)[C@H](CCCCN)NC(=O)[C@H](CCCN=C(N)N)NC(=O)CNC(=O)[C@@H](N)CCCN=C(N)N)C(=O)N[C@@H](CCCN=C(N)N)C(=O)N[C@@H](CCCN=C(N)N)C(=O)O. The Bertz CT molecular complexity index is 1900. The van der Waals surface area contributed by atoms with Crippen molar-refractivity contribution in [1.82, 2.24) is 37.2 Å². The lowest BCUT2D eigenvalue weighted by Crippen LogP contribution is -2.60. The summed E-state index contributed by atoms with van der Waals surface area (Å²) in [7, 11) is 0. The van der Waals surface area contributed by atoms with Crippen molar-refractivity contribution in [3.63, 3.8) is 0 Å². The zero-order valence-corrected chi connectivity index (χ0v) is 43.4. The zero-order valence-electron chi connectivity index (χ0n) is 43.4. The molecule has 0 aliphatic heterocycles. The number of rotatable bonds is 39. The molecule has 422 valence electrons. The van der Waals surface area contributed by atoms with E-state index >= 15 is 0 Å². The number of carboxylic acid groups (broad SMARTS) is 1. The van der Waals surface area contributed by atoms with Crippen molar-refractivity contribution in [2.45, 2.75) is 153 Å². The Labute approximate surface area is 432 Å². The van der Waals surface area contributed by atoms with Crippen LogP contribution in [0.4, 0.5) is 0 Å². The van der Waals surface area contributed by atoms with Gasteiger partial charge in [0.05, 0.1) is 12.6 Å². The Kier molecular flexibility index (Phi) is 33.8. The van der Waals surface area contributed by atoms with Gasteiger partial charge in [0.1, 0.15) is 36.3 Å². The van der Waals surface area contributed by atoms with Crippen molar-refractivity contribution >= 4 is 71.2 Å². The van der Waals surface area contributed by atoms with Crippen LogP contribution in [0.2, 0.25) is 0 Å². The van der Waals surface area contributed by atoms with Gasteiger partial charge in [0.15, 0.2) is 23.8 Å². The lowest BCUT2D eigenvalue weighted by Gasteiger charge is -2.28. The van der Waals surface area contributed by atoms with Crippen LogP contribution in [0.25, 0.3) is 0 Å². The zero-order chi connectivity index (χ0) is 56.3. The second-order valence-electron chi connectivity index (χ2n) is 18.4. The molecule has 0 rings (SSSR count). The van der Waals surface area contributed by atoms with E-state index in [0.717, 1.165) is 0 Å². The average molecular weight is 1050 g/mol. The van der Waals surface area contributed by atoms with Crippen LogP contribution in [0.15, 0.2) is 20.0 Å². The van der Waals surface area contributed by atoms with Gasteiger partial charge in [-0.15, -0.1) is 0 Å². The molecule has 0 saturated carbocycles. The van der Waals surface area contributed by atoms with E-state index in [2.05, 4.69) is 57.2 Å². The third kappa shape index (κ3) is 32.0. The predicted octanol–water partition coefficient (Wildman–Crippen LogP) is -6.14. The normalized spacial score (nSPS) is 13.7. The number of aliphatic imine (C=N–C) groups is 4. The van der Waals surface area contributed by atoms with Crippen LogP contribution in [-0.2, 0) is 38.4 Å². The molecular formula is C44H87N21O9. The number of nitrogens with zero attached hydrogens (tertiary/aromatic N) is 4. The van der Waals surface area contributed by atoms with Crippen molar-refractivity contribution < 1.29 is 43.5 Å². The molecule has 0 saturated heterocycles. The average Bonchev–Trinajstić information content (AvgIpc) is 3.30. The Hall–Kier alpha value is -7.24. The number of hydrogen-bond donors (Lipinski definition) is 18. The number of unbranched alkanes of at least 4 members (excludes halogenated alkanes) is 1. The summed E-state index contributed by atoms with van der Waals surface area (Å²) >= 11 is 0. The van der Waals surface area contributed by atoms with Gasteiger partial charge in [-0.25, -0.2) is 4.79 Å². The van der Waals surface area contributed by atoms with Gasteiger partial charge in [0, 0.05) is 26.2 Å². The van der Waals surface area contributed by atoms with E-state index in [1.54, 1.807) is 13.8 Å². The van der Waals surface area contributed by atoms with E-state index in [1.165, 1.54) is 0 Å². The Morgan fingerprint density at radius 1 is 0.419 bits per heavy atom. The number of nitrogens with one attached hydrogen (secondary N) is 7. The number of amides is 7. The number of guanidine groups is 4. The predicted molar refractivity (Wildman–Crippen MR) is 282 cm³/mol. The lowest BCUT2D eigenvalue weighted by molar-refractivity contribution is -0.142. The van der Waals surface area contributed by atoms with Gasteiger partial charge in [0.25, 0.3) is 0 Å². The number of carboxylic acids is 1. The Morgan fingerprint density at radius 3 is 1.08 bits per heavy atom. The molecule has 0 aromatic carbocycles. The third-order valence-corrected chi connectivity index (χ3v) is 10.7. The van der Waals surface area contributed by atoms with Crippen LogP contribution in [0, 0.1) is 11.8 Å². The highest BCUT2D eigenvalue weighted by Gasteiger charge is 2.34. The molecule has 0 unspecified atom stereocenters. The fourth-order valence-electron chi connectivity index (χ4n) is 7.03. The minimum Gasteiger partial charge on any atom is -0.480 e. The summed E-state index contributed by atoms with van der Waals surface area (Å²) in [5.74, 6) is -7.63. The first kappa shape index (κ1) is 66.8. The van der Waals surface area contributed by atoms with E-state index < -0.39 is 96.2 Å². The second-order valence-corrected chi connectivity index (χ2v) is 18.4. The van der Waals surface area contributed by atoms with Crippen LogP contribution in [-0.4, -0.2) is 158 Å². The molecule has 0 fully saturated rings. The molecule has 7 amide bonds. The first-order valence-corrected chi connectivity index (χ1v) is 24.8. The first-order valence-electron chi connectivity index (χ1n) is 24.8. The van der Waals surface area contributed by atoms with E-state index in [4.69, 9.17) is 57.3 Å². The summed E-state index contributed by atoms with van der Waals surface area (Å²) in [5.41, 5.74) is 54.9. The number of aliphatic carboxylic acids is 1. The highest BCUT2D eigenvalue weighted by molar-refractivity contribution is 5.97. The van der Waals surface area contributed by atoms with Crippen molar-refractivity contribution in [2.24, 2.45) is 89.1 Å². The van der Waals surface area contributed by atoms with Gasteiger partial charge in [-0.1, -0.05) is 27.7 Å². The van der Waals surface area contributed by atoms with Crippen molar-refractivity contribution in [1.29, 1.82) is 0 Å². The number of nitrogens with two attached hydrogens (primary N) is 10. The molecule has 0 aromatic rings. The molecule has 28 N–H and O–H groups in total. The molecule has 0 spiro atoms. The van der Waals surface area contributed by atoms with E-state index in [0.29, 0.717) is 19.3 Å². The minimum atomic E-state index is -1.37. The summed E-state index contributed by atoms with van der Waals surface area (Å²) in [6.45, 7) is 7.48. The molecule has 0 aliphatic rings. The molecule has 30 heteroatoms. The maximum Gasteiger partial charge on any atom is 0.326 e. The van der Waals surface area contributed by atoms with Crippen molar-refractivity contribution in [3.05, 3.63) is 0 Å². The maximum atomic E-state index is 14.2. The topological polar surface area (TPSA) is 551 Å². The third-order valence-electron chi connectivity index (χ3n) is 10.7. The van der Waals surface area contributed by atoms with Gasteiger partial charge < -0.3 is 99.7 Å². The summed E-state index contributed by atoms with van der Waals surface area (Å²) in [5, 5.41) is 28.2. The summed E-state index contributed by atoms with van der Waals surface area (Å²) in [6.07, 6.45) is 2.23. The van der Waals surface area contributed by atoms with Crippen LogP contribution in [0.5, 0.6) is 0 Å². The van der Waals surface area contributed by atoms with Crippen LogP contribution < -0.4 is 94.6 Å². The minimum absolute atomic E-state index is 0.00104. The smallest absolute Gasteiger partial charge is 0.326 e. The molecule has 74 heavy (non-hydrogen) atoms. The van der Waals surface area contributed by atoms with Crippen LogP contribution >= 0.6 is 0 Å². The van der Waals surface area contributed by atoms with E-state index in [1.807, 2.05) is 13.8 Å². The largest absolute Gasteiger partial charge is 0.480 e. The van der Waals surface area contributed by atoms with Gasteiger partial charge in [-0.05, 0) is 102 Å². The van der Waals surface area contributed by atoms with Crippen molar-refractivity contribution in [2.75, 3.05) is 39.3 Å². The van der Waals surface area contributed by atoms with E-state index in [9.17, 15) is 43.5 Å². The highest BCUT2D eigenvalue weighted by atomic mass is 16.4. The fraction of sp³-hybridized carbons (Fsp3) is 0.727. The molecular weight excluding hydrogens is 967 g/mol. The molecule has 0 heterocycles. The van der Waals surface area contributed by atoms with Crippen LogP contribution in [0.3, 0.4) is 0 Å². The summed E-state index contributed by atoms with van der Waals surface area (Å²) < 4.78 is 0. The molecule has 0 aromatic heterocycles. The summed E-state index contributed by atoms with van der Waals surface area (Å²) in [4.78, 5) is 123. The molecule has 0 aliphatic carbocycles. The van der Waals surface area contributed by atoms with Crippen LogP contribution in [0.1, 0.15) is 111 Å². The monoisotopic (exact) mass is 1050 g/mol. The number of carbonyl (C=O) groups excluding carboxylic acids is 7. The number of carbonyl (C=O) groups is 8. The standard InChI is InChI=1S/C44H87N21O9/c1-24(2)21-31(38(71)62-29(14-9-19-57-43(51)52)36(69)63-30(40(73)74)15-10-20-58-44(53)54)65-39(72)32(22-25(3)4)64-37(70)28(12-5-6-16-45)61-35(68)27(13-8-18-56-42(49)50)60-33(66)23-59-34(67)26(46)11-7-17-55-41(47)48/h24-32H,5-23,45-46H2,1-4H3,(H,59,67)(H,60,66)(H,61,68)(H,62,71)(H,63,69)(H,64,70)(H,65,72)(H,73,74)(H4,47,48,55)(H4,49,50,56)(H4,51,52,57)(H4,53,54,58)/t26-,27-,28-,29-,30-,31-,32-/m0/s1. The maximum absolute atomic E-state index is 14.2. The molecule has 7 atom stereocenters. The molecule has 30 nitrogen and oxygen atoms in total. The summed E-state index contributed by atoms with van der Waals surface area (Å²) in [6, 6.07) is -8.65. The second kappa shape index (κ2) is 37.5. The van der Waals surface area contributed by atoms with Gasteiger partial charge in [-0.2, -0.15) is 0 Å². The number of hydrogen-bond acceptors (Lipinski definition) is 14. The first-order chi connectivity index (χ1) is 34.8. The Morgan fingerprint density at radius 2 is 0.730 bits per heavy atom.